The molecular weight excluding hydrogens is 238 g/mol. The van der Waals surface area contributed by atoms with E-state index >= 15 is 0 Å². The second-order valence-corrected chi connectivity index (χ2v) is 4.84. The van der Waals surface area contributed by atoms with Crippen molar-refractivity contribution in [2.45, 2.75) is 25.8 Å². The molecule has 3 rings (SSSR count). The quantitative estimate of drug-likeness (QED) is 0.910. The Morgan fingerprint density at radius 1 is 1.32 bits per heavy atom. The van der Waals surface area contributed by atoms with E-state index in [-0.39, 0.29) is 5.56 Å². The molecule has 0 aromatic carbocycles. The van der Waals surface area contributed by atoms with Crippen LogP contribution < -0.4 is 10.9 Å². The minimum atomic E-state index is 0.0755. The van der Waals surface area contributed by atoms with E-state index in [2.05, 4.69) is 10.3 Å². The van der Waals surface area contributed by atoms with E-state index in [9.17, 15) is 4.79 Å². The Hall–Kier alpha value is -2.10. The SMILES string of the molecule is CNc1ncccc1Cn1c2c(ccc1=O)CCC2. The first-order valence-corrected chi connectivity index (χ1v) is 6.63. The van der Waals surface area contributed by atoms with Gasteiger partial charge >= 0.3 is 0 Å². The maximum absolute atomic E-state index is 12.1. The third-order valence-electron chi connectivity index (χ3n) is 3.71. The van der Waals surface area contributed by atoms with Gasteiger partial charge in [-0.1, -0.05) is 12.1 Å². The highest BCUT2D eigenvalue weighted by Gasteiger charge is 2.16. The van der Waals surface area contributed by atoms with Crippen molar-refractivity contribution in [2.24, 2.45) is 0 Å². The minimum absolute atomic E-state index is 0.0755. The second-order valence-electron chi connectivity index (χ2n) is 4.84. The van der Waals surface area contributed by atoms with Gasteiger partial charge in [0.2, 0.25) is 0 Å². The van der Waals surface area contributed by atoms with Gasteiger partial charge in [0.05, 0.1) is 6.54 Å². The first-order valence-electron chi connectivity index (χ1n) is 6.63. The predicted octanol–water partition coefficient (Wildman–Crippen LogP) is 1.82. The largest absolute Gasteiger partial charge is 0.373 e. The van der Waals surface area contributed by atoms with Gasteiger partial charge in [0.1, 0.15) is 5.82 Å². The zero-order valence-corrected chi connectivity index (χ0v) is 11.0. The number of hydrogen-bond donors (Lipinski definition) is 1. The third-order valence-corrected chi connectivity index (χ3v) is 3.71. The molecule has 0 radical (unpaired) electrons. The molecule has 1 aliphatic carbocycles. The van der Waals surface area contributed by atoms with Crippen LogP contribution in [0.25, 0.3) is 0 Å². The smallest absolute Gasteiger partial charge is 0.251 e. The summed E-state index contributed by atoms with van der Waals surface area (Å²) in [6.45, 7) is 0.589. The van der Waals surface area contributed by atoms with Gasteiger partial charge in [0, 0.05) is 30.6 Å². The monoisotopic (exact) mass is 255 g/mol. The summed E-state index contributed by atoms with van der Waals surface area (Å²) < 4.78 is 1.89. The van der Waals surface area contributed by atoms with Crippen molar-refractivity contribution in [3.8, 4) is 0 Å². The van der Waals surface area contributed by atoms with E-state index in [1.165, 1.54) is 11.3 Å². The van der Waals surface area contributed by atoms with Crippen molar-refractivity contribution in [3.05, 3.63) is 57.6 Å². The summed E-state index contributed by atoms with van der Waals surface area (Å²) in [6, 6.07) is 7.58. The Labute approximate surface area is 112 Å². The summed E-state index contributed by atoms with van der Waals surface area (Å²) in [5.74, 6) is 0.838. The fraction of sp³-hybridized carbons (Fsp3) is 0.333. The highest BCUT2D eigenvalue weighted by atomic mass is 16.1. The number of aromatic nitrogens is 2. The van der Waals surface area contributed by atoms with Gasteiger partial charge in [-0.05, 0) is 30.9 Å². The summed E-state index contributed by atoms with van der Waals surface area (Å²) in [4.78, 5) is 16.4. The number of pyridine rings is 2. The van der Waals surface area contributed by atoms with Crippen LogP contribution in [0, 0.1) is 0 Å². The van der Waals surface area contributed by atoms with Crippen LogP contribution in [0.2, 0.25) is 0 Å². The van der Waals surface area contributed by atoms with Crippen molar-refractivity contribution >= 4 is 5.82 Å². The standard InChI is InChI=1S/C15H17N3O/c1-16-15-12(5-3-9-17-15)10-18-13-6-2-4-11(13)7-8-14(18)19/h3,5,7-9H,2,4,6,10H2,1H3,(H,16,17). The zero-order valence-electron chi connectivity index (χ0n) is 11.0. The Morgan fingerprint density at radius 2 is 2.21 bits per heavy atom. The first kappa shape index (κ1) is 12.0. The molecule has 2 aromatic heterocycles. The molecule has 0 saturated carbocycles. The molecule has 98 valence electrons. The first-order chi connectivity index (χ1) is 9.29. The molecule has 1 aliphatic rings. The molecule has 0 aliphatic heterocycles. The summed E-state index contributed by atoms with van der Waals surface area (Å²) >= 11 is 0. The molecule has 19 heavy (non-hydrogen) atoms. The molecule has 0 bridgehead atoms. The van der Waals surface area contributed by atoms with E-state index in [0.717, 1.165) is 30.6 Å². The average Bonchev–Trinajstić information content (AvgIpc) is 2.91. The molecule has 0 spiro atoms. The highest BCUT2D eigenvalue weighted by molar-refractivity contribution is 5.43. The molecule has 0 unspecified atom stereocenters. The van der Waals surface area contributed by atoms with Crippen LogP contribution in [0.1, 0.15) is 23.2 Å². The summed E-state index contributed by atoms with van der Waals surface area (Å²) in [5.41, 5.74) is 3.63. The lowest BCUT2D eigenvalue weighted by Gasteiger charge is -2.14. The van der Waals surface area contributed by atoms with Crippen LogP contribution >= 0.6 is 0 Å². The average molecular weight is 255 g/mol. The van der Waals surface area contributed by atoms with Crippen LogP contribution in [0.5, 0.6) is 0 Å². The third kappa shape index (κ3) is 2.14. The fourth-order valence-electron chi connectivity index (χ4n) is 2.77. The van der Waals surface area contributed by atoms with E-state index in [1.807, 2.05) is 29.8 Å². The summed E-state index contributed by atoms with van der Waals surface area (Å²) in [5, 5.41) is 3.08. The number of nitrogens with zero attached hydrogens (tertiary/aromatic N) is 2. The molecule has 2 aromatic rings. The van der Waals surface area contributed by atoms with Crippen LogP contribution in [-0.4, -0.2) is 16.6 Å². The van der Waals surface area contributed by atoms with Gasteiger partial charge in [-0.3, -0.25) is 4.79 Å². The number of fused-ring (bicyclic) bond motifs is 1. The van der Waals surface area contributed by atoms with Crippen molar-refractivity contribution in [1.29, 1.82) is 0 Å². The van der Waals surface area contributed by atoms with E-state index < -0.39 is 0 Å². The number of hydrogen-bond acceptors (Lipinski definition) is 3. The molecule has 2 heterocycles. The number of rotatable bonds is 3. The van der Waals surface area contributed by atoms with Crippen LogP contribution in [0.15, 0.2) is 35.3 Å². The number of aryl methyl sites for hydroxylation is 1. The lowest BCUT2D eigenvalue weighted by Crippen LogP contribution is -2.23. The molecule has 0 atom stereocenters. The molecule has 0 fully saturated rings. The maximum Gasteiger partial charge on any atom is 0.251 e. The van der Waals surface area contributed by atoms with Crippen LogP contribution in [0.4, 0.5) is 5.82 Å². The molecule has 1 N–H and O–H groups in total. The fourth-order valence-corrected chi connectivity index (χ4v) is 2.77. The molecule has 0 amide bonds. The van der Waals surface area contributed by atoms with Gasteiger partial charge in [-0.15, -0.1) is 0 Å². The van der Waals surface area contributed by atoms with Crippen molar-refractivity contribution < 1.29 is 0 Å². The van der Waals surface area contributed by atoms with Gasteiger partial charge in [0.15, 0.2) is 0 Å². The molecule has 4 nitrogen and oxygen atoms in total. The van der Waals surface area contributed by atoms with Crippen LogP contribution in [0.3, 0.4) is 0 Å². The van der Waals surface area contributed by atoms with E-state index in [4.69, 9.17) is 0 Å². The second kappa shape index (κ2) is 4.88. The lowest BCUT2D eigenvalue weighted by atomic mass is 10.2. The molecular formula is C15H17N3O. The summed E-state index contributed by atoms with van der Waals surface area (Å²) in [7, 11) is 1.85. The lowest BCUT2D eigenvalue weighted by molar-refractivity contribution is 0.706. The number of anilines is 1. The topological polar surface area (TPSA) is 46.9 Å². The van der Waals surface area contributed by atoms with E-state index in [0.29, 0.717) is 6.54 Å². The Balaban J connectivity index is 2.05. The van der Waals surface area contributed by atoms with Gasteiger partial charge in [-0.25, -0.2) is 4.98 Å². The van der Waals surface area contributed by atoms with Gasteiger partial charge < -0.3 is 9.88 Å². The van der Waals surface area contributed by atoms with E-state index in [1.54, 1.807) is 12.3 Å². The van der Waals surface area contributed by atoms with Crippen molar-refractivity contribution in [2.75, 3.05) is 12.4 Å². The minimum Gasteiger partial charge on any atom is -0.373 e. The molecule has 0 saturated heterocycles. The van der Waals surface area contributed by atoms with Crippen molar-refractivity contribution in [3.63, 3.8) is 0 Å². The van der Waals surface area contributed by atoms with Gasteiger partial charge in [0.25, 0.3) is 5.56 Å². The number of nitrogens with one attached hydrogen (secondary N) is 1. The van der Waals surface area contributed by atoms with Gasteiger partial charge in [-0.2, -0.15) is 0 Å². The summed E-state index contributed by atoms with van der Waals surface area (Å²) in [6.07, 6.45) is 4.99. The van der Waals surface area contributed by atoms with Crippen LogP contribution in [-0.2, 0) is 19.4 Å². The maximum atomic E-state index is 12.1. The highest BCUT2D eigenvalue weighted by Crippen LogP contribution is 2.21. The molecule has 4 heteroatoms. The zero-order chi connectivity index (χ0) is 13.2. The normalized spacial score (nSPS) is 13.3. The Morgan fingerprint density at radius 3 is 3.05 bits per heavy atom. The Bertz CT molecular complexity index is 661. The predicted molar refractivity (Wildman–Crippen MR) is 75.6 cm³/mol. The Kier molecular flexibility index (Phi) is 3.07. The van der Waals surface area contributed by atoms with Crippen molar-refractivity contribution in [1.82, 2.24) is 9.55 Å².